The van der Waals surface area contributed by atoms with Crippen molar-refractivity contribution in [1.29, 1.82) is 0 Å². The lowest BCUT2D eigenvalue weighted by Crippen LogP contribution is -2.37. The van der Waals surface area contributed by atoms with Gasteiger partial charge in [0.1, 0.15) is 0 Å². The van der Waals surface area contributed by atoms with Crippen molar-refractivity contribution in [3.8, 4) is 0 Å². The van der Waals surface area contributed by atoms with E-state index in [1.807, 2.05) is 0 Å². The number of hydrogen-bond donors (Lipinski definition) is 1. The van der Waals surface area contributed by atoms with E-state index in [-0.39, 0.29) is 12.2 Å². The average molecular weight is 216 g/mol. The van der Waals surface area contributed by atoms with Crippen LogP contribution < -0.4 is 10.3 Å². The van der Waals surface area contributed by atoms with Gasteiger partial charge in [-0.25, -0.2) is 13.0 Å². The Balaban J connectivity index is 2.51. The van der Waals surface area contributed by atoms with Gasteiger partial charge in [-0.05, 0) is 12.5 Å². The first kappa shape index (κ1) is 10.9. The third kappa shape index (κ3) is 3.71. The van der Waals surface area contributed by atoms with Crippen molar-refractivity contribution < 1.29 is 17.5 Å². The van der Waals surface area contributed by atoms with Gasteiger partial charge in [-0.15, -0.1) is 0 Å². The molecule has 0 atom stereocenters. The van der Waals surface area contributed by atoms with Crippen LogP contribution in [0.2, 0.25) is 0 Å². The van der Waals surface area contributed by atoms with Gasteiger partial charge < -0.3 is 4.55 Å². The predicted octanol–water partition coefficient (Wildman–Crippen LogP) is -0.508. The molecule has 0 radical (unpaired) electrons. The molecular formula is C8H12N2O3S. The second-order valence-electron chi connectivity index (χ2n) is 2.93. The molecule has 6 heteroatoms. The molecule has 0 aliphatic rings. The highest BCUT2D eigenvalue weighted by Crippen LogP contribution is 1.93. The van der Waals surface area contributed by atoms with Gasteiger partial charge in [0.25, 0.3) is 5.82 Å². The van der Waals surface area contributed by atoms with Crippen molar-refractivity contribution in [3.63, 3.8) is 0 Å². The van der Waals surface area contributed by atoms with Crippen molar-refractivity contribution in [3.05, 3.63) is 24.4 Å². The zero-order valence-corrected chi connectivity index (χ0v) is 8.40. The van der Waals surface area contributed by atoms with Gasteiger partial charge in [0.15, 0.2) is 0 Å². The summed E-state index contributed by atoms with van der Waals surface area (Å²) in [5.41, 5.74) is 5.61. The van der Waals surface area contributed by atoms with Gasteiger partial charge in [0.2, 0.25) is 0 Å². The first-order valence-corrected chi connectivity index (χ1v) is 5.74. The van der Waals surface area contributed by atoms with Gasteiger partial charge in [-0.3, -0.25) is 5.73 Å². The molecule has 0 saturated carbocycles. The van der Waals surface area contributed by atoms with Crippen molar-refractivity contribution in [2.75, 3.05) is 11.5 Å². The number of rotatable bonds is 4. The molecular weight excluding hydrogens is 204 g/mol. The Morgan fingerprint density at radius 1 is 1.43 bits per heavy atom. The van der Waals surface area contributed by atoms with Crippen LogP contribution in [0.5, 0.6) is 0 Å². The predicted molar refractivity (Wildman–Crippen MR) is 50.2 cm³/mol. The monoisotopic (exact) mass is 216 g/mol. The van der Waals surface area contributed by atoms with E-state index in [2.05, 4.69) is 0 Å². The normalized spacial score (nSPS) is 11.5. The van der Waals surface area contributed by atoms with Crippen LogP contribution in [0.4, 0.5) is 5.82 Å². The summed E-state index contributed by atoms with van der Waals surface area (Å²) >= 11 is 0. The Labute approximate surface area is 82.9 Å². The van der Waals surface area contributed by atoms with Crippen LogP contribution in [0, 0.1) is 0 Å². The number of nitrogens with two attached hydrogens (primary N) is 1. The zero-order chi connectivity index (χ0) is 10.6. The minimum Gasteiger partial charge on any atom is -0.748 e. The molecule has 0 aliphatic heterocycles. The topological polar surface area (TPSA) is 87.1 Å². The lowest BCUT2D eigenvalue weighted by molar-refractivity contribution is -0.682. The summed E-state index contributed by atoms with van der Waals surface area (Å²) in [6.07, 6.45) is 2.03. The number of aromatic nitrogens is 1. The summed E-state index contributed by atoms with van der Waals surface area (Å²) in [6.45, 7) is 0.439. The van der Waals surface area contributed by atoms with Crippen molar-refractivity contribution in [1.82, 2.24) is 0 Å². The summed E-state index contributed by atoms with van der Waals surface area (Å²) in [5, 5.41) is 0. The van der Waals surface area contributed by atoms with Gasteiger partial charge in [-0.1, -0.05) is 6.07 Å². The van der Waals surface area contributed by atoms with Crippen LogP contribution in [-0.2, 0) is 16.7 Å². The number of anilines is 1. The van der Waals surface area contributed by atoms with E-state index in [0.29, 0.717) is 12.4 Å². The molecule has 0 bridgehead atoms. The quantitative estimate of drug-likeness (QED) is 0.542. The first-order chi connectivity index (χ1) is 6.49. The van der Waals surface area contributed by atoms with Crippen LogP contribution in [0.3, 0.4) is 0 Å². The number of nitrogens with zero attached hydrogens (tertiary/aromatic N) is 1. The van der Waals surface area contributed by atoms with E-state index in [1.54, 1.807) is 29.0 Å². The van der Waals surface area contributed by atoms with Crippen molar-refractivity contribution in [2.45, 2.75) is 13.0 Å². The van der Waals surface area contributed by atoms with E-state index in [1.165, 1.54) is 0 Å². The Morgan fingerprint density at radius 3 is 2.71 bits per heavy atom. The molecule has 5 nitrogen and oxygen atoms in total. The molecule has 78 valence electrons. The van der Waals surface area contributed by atoms with Gasteiger partial charge in [-0.2, -0.15) is 0 Å². The third-order valence-corrected chi connectivity index (χ3v) is 2.56. The second kappa shape index (κ2) is 4.39. The van der Waals surface area contributed by atoms with E-state index >= 15 is 0 Å². The number of pyridine rings is 1. The number of aryl methyl sites for hydroxylation is 1. The standard InChI is InChI=1S/C8H12N2O3S/c9-8-4-1-2-5-10(8)6-3-7-14(11,12)13/h1-2,4-5,9H,3,6-7H2,(H,11,12,13). The van der Waals surface area contributed by atoms with Crippen molar-refractivity contribution in [2.24, 2.45) is 0 Å². The molecule has 0 aliphatic carbocycles. The maximum absolute atomic E-state index is 10.3. The summed E-state index contributed by atoms with van der Waals surface area (Å²) in [5.74, 6) is 0.199. The summed E-state index contributed by atoms with van der Waals surface area (Å²) < 4.78 is 32.6. The Hall–Kier alpha value is -1.14. The summed E-state index contributed by atoms with van der Waals surface area (Å²) in [7, 11) is -4.11. The van der Waals surface area contributed by atoms with Crippen LogP contribution in [0.1, 0.15) is 6.42 Å². The average Bonchev–Trinajstić information content (AvgIpc) is 2.06. The fourth-order valence-electron chi connectivity index (χ4n) is 1.10. The largest absolute Gasteiger partial charge is 0.748 e. The maximum Gasteiger partial charge on any atom is 0.272 e. The van der Waals surface area contributed by atoms with Crippen LogP contribution in [-0.4, -0.2) is 18.7 Å². The van der Waals surface area contributed by atoms with Crippen molar-refractivity contribution >= 4 is 15.9 Å². The highest BCUT2D eigenvalue weighted by Gasteiger charge is 2.03. The Bertz CT molecular complexity index is 403. The first-order valence-electron chi connectivity index (χ1n) is 4.16. The molecule has 0 unspecified atom stereocenters. The van der Waals surface area contributed by atoms with Crippen LogP contribution in [0.25, 0.3) is 0 Å². The molecule has 1 aromatic rings. The Kier molecular flexibility index (Phi) is 3.43. The van der Waals surface area contributed by atoms with Crippen LogP contribution >= 0.6 is 0 Å². The lowest BCUT2D eigenvalue weighted by atomic mass is 10.4. The molecule has 0 aromatic carbocycles. The Morgan fingerprint density at radius 2 is 2.14 bits per heavy atom. The third-order valence-electron chi connectivity index (χ3n) is 1.77. The van der Waals surface area contributed by atoms with Gasteiger partial charge in [0.05, 0.1) is 22.9 Å². The highest BCUT2D eigenvalue weighted by molar-refractivity contribution is 7.85. The van der Waals surface area contributed by atoms with Crippen LogP contribution in [0.15, 0.2) is 24.4 Å². The molecule has 1 heterocycles. The molecule has 0 fully saturated rings. The smallest absolute Gasteiger partial charge is 0.272 e. The fraction of sp³-hybridized carbons (Fsp3) is 0.375. The fourth-order valence-corrected chi connectivity index (χ4v) is 1.59. The van der Waals surface area contributed by atoms with E-state index in [9.17, 15) is 13.0 Å². The van der Waals surface area contributed by atoms with Gasteiger partial charge >= 0.3 is 0 Å². The van der Waals surface area contributed by atoms with E-state index in [0.717, 1.165) is 0 Å². The number of nitrogen functional groups attached to an aromatic ring is 1. The molecule has 0 saturated heterocycles. The highest BCUT2D eigenvalue weighted by atomic mass is 32.2. The summed E-state index contributed by atoms with van der Waals surface area (Å²) in [6, 6.07) is 5.30. The van der Waals surface area contributed by atoms with E-state index < -0.39 is 10.1 Å². The zero-order valence-electron chi connectivity index (χ0n) is 7.59. The second-order valence-corrected chi connectivity index (χ2v) is 4.46. The van der Waals surface area contributed by atoms with E-state index in [4.69, 9.17) is 5.73 Å². The molecule has 0 amide bonds. The maximum atomic E-state index is 10.3. The number of hydrogen-bond acceptors (Lipinski definition) is 4. The minimum atomic E-state index is -4.11. The molecule has 2 N–H and O–H groups in total. The SMILES string of the molecule is Nc1cccc[n+]1CCCS(=O)(=O)[O-]. The lowest BCUT2D eigenvalue weighted by Gasteiger charge is -2.06. The molecule has 1 aromatic heterocycles. The molecule has 1 rings (SSSR count). The molecule has 14 heavy (non-hydrogen) atoms. The molecule has 0 spiro atoms. The van der Waals surface area contributed by atoms with Gasteiger partial charge in [0, 0.05) is 11.8 Å². The summed E-state index contributed by atoms with van der Waals surface area (Å²) in [4.78, 5) is 0. The minimum absolute atomic E-state index is 0.282.